The number of imide groups is 1. The summed E-state index contributed by atoms with van der Waals surface area (Å²) in [6, 6.07) is -0.358. The van der Waals surface area contributed by atoms with Crippen LogP contribution in [0.3, 0.4) is 0 Å². The summed E-state index contributed by atoms with van der Waals surface area (Å²) in [7, 11) is 0. The topological polar surface area (TPSA) is 58.2 Å². The zero-order valence-electron chi connectivity index (χ0n) is 8.17. The van der Waals surface area contributed by atoms with Crippen LogP contribution >= 0.6 is 0 Å². The molecule has 0 bridgehead atoms. The lowest BCUT2D eigenvalue weighted by molar-refractivity contribution is -0.125. The van der Waals surface area contributed by atoms with Crippen molar-refractivity contribution in [3.63, 3.8) is 0 Å². The van der Waals surface area contributed by atoms with Gasteiger partial charge in [0.05, 0.1) is 0 Å². The van der Waals surface area contributed by atoms with Gasteiger partial charge in [0.25, 0.3) is 5.91 Å². The largest absolute Gasteiger partial charge is 0.323 e. The minimum atomic E-state index is -0.666. The second-order valence-corrected chi connectivity index (χ2v) is 3.86. The van der Waals surface area contributed by atoms with Crippen LogP contribution in [0, 0.1) is 5.92 Å². The van der Waals surface area contributed by atoms with Crippen LogP contribution in [-0.2, 0) is 4.79 Å². The van der Waals surface area contributed by atoms with Crippen LogP contribution in [-0.4, -0.2) is 17.5 Å². The molecule has 2 rings (SSSR count). The van der Waals surface area contributed by atoms with Crippen molar-refractivity contribution in [1.29, 1.82) is 0 Å². The Kier molecular flexibility index (Phi) is 2.06. The summed E-state index contributed by atoms with van der Waals surface area (Å²) >= 11 is 0. The minimum absolute atomic E-state index is 0.127. The van der Waals surface area contributed by atoms with Crippen LogP contribution in [0.25, 0.3) is 0 Å². The number of hydrogen-bond donors (Lipinski definition) is 2. The maximum Gasteiger partial charge on any atom is 0.322 e. The first-order valence-electron chi connectivity index (χ1n) is 4.99. The Labute approximate surface area is 82.7 Å². The van der Waals surface area contributed by atoms with Gasteiger partial charge in [0.1, 0.15) is 5.54 Å². The summed E-state index contributed by atoms with van der Waals surface area (Å²) in [6.45, 7) is 2.03. The van der Waals surface area contributed by atoms with Gasteiger partial charge in [-0.05, 0) is 19.3 Å². The number of urea groups is 1. The summed E-state index contributed by atoms with van der Waals surface area (Å²) in [4.78, 5) is 22.8. The molecule has 1 heterocycles. The molecule has 1 spiro atoms. The third-order valence-corrected chi connectivity index (χ3v) is 3.12. The second-order valence-electron chi connectivity index (χ2n) is 3.86. The molecule has 76 valence electrons. The highest BCUT2D eigenvalue weighted by atomic mass is 16.2. The number of allylic oxidation sites excluding steroid dienone is 1. The summed E-state index contributed by atoms with van der Waals surface area (Å²) in [6.07, 6.45) is 6.54. The third kappa shape index (κ3) is 1.14. The van der Waals surface area contributed by atoms with Crippen LogP contribution in [0.15, 0.2) is 12.2 Å². The monoisotopic (exact) mass is 194 g/mol. The van der Waals surface area contributed by atoms with E-state index >= 15 is 0 Å². The molecule has 2 atom stereocenters. The van der Waals surface area contributed by atoms with E-state index in [1.807, 2.05) is 13.0 Å². The molecule has 0 aromatic rings. The molecule has 0 saturated carbocycles. The number of amides is 3. The van der Waals surface area contributed by atoms with Gasteiger partial charge in [0.15, 0.2) is 0 Å². The standard InChI is InChI=1S/C10H14N2O2/c1-2-7-5-3-4-6-10(7)8(13)11-9(14)12-10/h3,5,7H,2,4,6H2,1H3,(H2,11,12,13,14). The van der Waals surface area contributed by atoms with Gasteiger partial charge in [-0.2, -0.15) is 0 Å². The average Bonchev–Trinajstić information content (AvgIpc) is 2.43. The minimum Gasteiger partial charge on any atom is -0.323 e. The first-order chi connectivity index (χ1) is 6.69. The van der Waals surface area contributed by atoms with E-state index in [1.54, 1.807) is 0 Å². The molecule has 3 amide bonds. The van der Waals surface area contributed by atoms with Crippen LogP contribution < -0.4 is 10.6 Å². The maximum atomic E-state index is 11.7. The van der Waals surface area contributed by atoms with Gasteiger partial charge in [-0.15, -0.1) is 0 Å². The van der Waals surface area contributed by atoms with E-state index < -0.39 is 5.54 Å². The number of hydrogen-bond acceptors (Lipinski definition) is 2. The van der Waals surface area contributed by atoms with Crippen molar-refractivity contribution in [3.8, 4) is 0 Å². The van der Waals surface area contributed by atoms with Crippen molar-refractivity contribution in [2.24, 2.45) is 5.92 Å². The van der Waals surface area contributed by atoms with Crippen LogP contribution in [0.4, 0.5) is 4.79 Å². The molecular weight excluding hydrogens is 180 g/mol. The fourth-order valence-corrected chi connectivity index (χ4v) is 2.35. The number of carbonyl (C=O) groups is 2. The summed E-state index contributed by atoms with van der Waals surface area (Å²) in [5.41, 5.74) is -0.666. The van der Waals surface area contributed by atoms with Crippen molar-refractivity contribution in [1.82, 2.24) is 10.6 Å². The van der Waals surface area contributed by atoms with Gasteiger partial charge in [0, 0.05) is 5.92 Å². The van der Waals surface area contributed by atoms with Crippen LogP contribution in [0.1, 0.15) is 26.2 Å². The molecule has 2 aliphatic rings. The molecule has 4 nitrogen and oxygen atoms in total. The first kappa shape index (κ1) is 9.24. The normalized spacial score (nSPS) is 35.9. The summed E-state index contributed by atoms with van der Waals surface area (Å²) < 4.78 is 0. The van der Waals surface area contributed by atoms with Crippen LogP contribution in [0.5, 0.6) is 0 Å². The van der Waals surface area contributed by atoms with Crippen molar-refractivity contribution >= 4 is 11.9 Å². The smallest absolute Gasteiger partial charge is 0.322 e. The lowest BCUT2D eigenvalue weighted by atomic mass is 9.75. The number of carbonyl (C=O) groups excluding carboxylic acids is 2. The fourth-order valence-electron chi connectivity index (χ4n) is 2.35. The van der Waals surface area contributed by atoms with Gasteiger partial charge in [0.2, 0.25) is 0 Å². The van der Waals surface area contributed by atoms with E-state index in [1.165, 1.54) is 0 Å². The molecule has 0 aromatic heterocycles. The fraction of sp³-hybridized carbons (Fsp3) is 0.600. The Morgan fingerprint density at radius 3 is 2.93 bits per heavy atom. The van der Waals surface area contributed by atoms with Crippen LogP contribution in [0.2, 0.25) is 0 Å². The molecule has 1 fully saturated rings. The Balaban J connectivity index is 2.33. The Hall–Kier alpha value is -1.32. The SMILES string of the molecule is CCC1C=CCCC12NC(=O)NC2=O. The predicted octanol–water partition coefficient (Wildman–Crippen LogP) is 0.941. The Morgan fingerprint density at radius 2 is 2.36 bits per heavy atom. The van der Waals surface area contributed by atoms with Gasteiger partial charge < -0.3 is 5.32 Å². The predicted molar refractivity (Wildman–Crippen MR) is 51.6 cm³/mol. The Morgan fingerprint density at radius 1 is 1.57 bits per heavy atom. The molecule has 0 aromatic carbocycles. The van der Waals surface area contributed by atoms with E-state index in [4.69, 9.17) is 0 Å². The molecule has 4 heteroatoms. The molecule has 0 radical (unpaired) electrons. The van der Waals surface area contributed by atoms with Gasteiger partial charge in [-0.25, -0.2) is 4.79 Å². The number of nitrogens with one attached hydrogen (secondary N) is 2. The van der Waals surface area contributed by atoms with Gasteiger partial charge in [-0.1, -0.05) is 19.1 Å². The van der Waals surface area contributed by atoms with Gasteiger partial charge in [-0.3, -0.25) is 10.1 Å². The highest BCUT2D eigenvalue weighted by molar-refractivity contribution is 6.07. The quantitative estimate of drug-likeness (QED) is 0.482. The zero-order chi connectivity index (χ0) is 10.2. The first-order valence-corrected chi connectivity index (χ1v) is 4.99. The van der Waals surface area contributed by atoms with Crippen molar-refractivity contribution in [2.45, 2.75) is 31.7 Å². The van der Waals surface area contributed by atoms with E-state index in [0.29, 0.717) is 6.42 Å². The van der Waals surface area contributed by atoms with Crippen molar-refractivity contribution < 1.29 is 9.59 Å². The molecule has 1 aliphatic heterocycles. The van der Waals surface area contributed by atoms with E-state index in [9.17, 15) is 9.59 Å². The lowest BCUT2D eigenvalue weighted by Crippen LogP contribution is -2.53. The molecule has 1 saturated heterocycles. The van der Waals surface area contributed by atoms with Crippen molar-refractivity contribution in [2.75, 3.05) is 0 Å². The average molecular weight is 194 g/mol. The van der Waals surface area contributed by atoms with Crippen molar-refractivity contribution in [3.05, 3.63) is 12.2 Å². The maximum absolute atomic E-state index is 11.7. The summed E-state index contributed by atoms with van der Waals surface area (Å²) in [5.74, 6) is -0.0404. The molecule has 2 N–H and O–H groups in total. The van der Waals surface area contributed by atoms with Gasteiger partial charge >= 0.3 is 6.03 Å². The molecule has 2 unspecified atom stereocenters. The van der Waals surface area contributed by atoms with E-state index in [2.05, 4.69) is 16.7 Å². The molecule has 14 heavy (non-hydrogen) atoms. The second kappa shape index (κ2) is 3.12. The molecular formula is C10H14N2O2. The third-order valence-electron chi connectivity index (χ3n) is 3.12. The highest BCUT2D eigenvalue weighted by Gasteiger charge is 2.50. The summed E-state index contributed by atoms with van der Waals surface area (Å²) in [5, 5.41) is 5.09. The highest BCUT2D eigenvalue weighted by Crippen LogP contribution is 2.33. The molecule has 1 aliphatic carbocycles. The lowest BCUT2D eigenvalue weighted by Gasteiger charge is -2.34. The number of rotatable bonds is 1. The van der Waals surface area contributed by atoms with E-state index in [0.717, 1.165) is 12.8 Å². The Bertz CT molecular complexity index is 311. The van der Waals surface area contributed by atoms with E-state index in [-0.39, 0.29) is 17.9 Å². The zero-order valence-corrected chi connectivity index (χ0v) is 8.17.